The van der Waals surface area contributed by atoms with Crippen LogP contribution in [0.15, 0.2) is 32.7 Å². The molecular formula is C14H17FN2OS. The average Bonchev–Trinajstić information content (AvgIpc) is 2.69. The molecule has 5 heteroatoms. The summed E-state index contributed by atoms with van der Waals surface area (Å²) in [6.45, 7) is 7.23. The van der Waals surface area contributed by atoms with Crippen LogP contribution >= 0.6 is 11.8 Å². The van der Waals surface area contributed by atoms with Gasteiger partial charge in [-0.25, -0.2) is 9.37 Å². The molecule has 0 atom stereocenters. The highest BCUT2D eigenvalue weighted by atomic mass is 32.2. The SMILES string of the molecule is CCNCc1cccc(F)c1Sc1nc(C)c(C)o1. The number of oxazole rings is 1. The van der Waals surface area contributed by atoms with Gasteiger partial charge in [0, 0.05) is 6.54 Å². The number of aryl methyl sites for hydroxylation is 2. The van der Waals surface area contributed by atoms with Crippen LogP contribution in [0.3, 0.4) is 0 Å². The number of aromatic nitrogens is 1. The average molecular weight is 280 g/mol. The highest BCUT2D eigenvalue weighted by Gasteiger charge is 2.14. The first-order chi connectivity index (χ1) is 9.11. The molecule has 0 aliphatic carbocycles. The summed E-state index contributed by atoms with van der Waals surface area (Å²) in [5, 5.41) is 3.69. The number of hydrogen-bond donors (Lipinski definition) is 1. The summed E-state index contributed by atoms with van der Waals surface area (Å²) in [4.78, 5) is 4.85. The largest absolute Gasteiger partial charge is 0.436 e. The summed E-state index contributed by atoms with van der Waals surface area (Å²) in [7, 11) is 0. The van der Waals surface area contributed by atoms with E-state index in [0.29, 0.717) is 16.7 Å². The molecule has 0 radical (unpaired) electrons. The number of rotatable bonds is 5. The Hall–Kier alpha value is -1.33. The molecule has 0 unspecified atom stereocenters. The maximum Gasteiger partial charge on any atom is 0.261 e. The molecule has 0 aliphatic rings. The molecule has 102 valence electrons. The molecule has 1 aromatic heterocycles. The lowest BCUT2D eigenvalue weighted by Crippen LogP contribution is -2.12. The molecule has 0 saturated carbocycles. The standard InChI is InChI=1S/C14H17FN2OS/c1-4-16-8-11-6-5-7-12(15)13(11)19-14-17-9(2)10(3)18-14/h5-7,16H,4,8H2,1-3H3. The molecule has 0 amide bonds. The number of halogens is 1. The van der Waals surface area contributed by atoms with Gasteiger partial charge in [0.1, 0.15) is 11.6 Å². The monoisotopic (exact) mass is 280 g/mol. The van der Waals surface area contributed by atoms with Crippen LogP contribution in [0.2, 0.25) is 0 Å². The van der Waals surface area contributed by atoms with Crippen molar-refractivity contribution in [1.29, 1.82) is 0 Å². The Balaban J connectivity index is 2.27. The Bertz CT molecular complexity index is 549. The molecule has 2 rings (SSSR count). The van der Waals surface area contributed by atoms with E-state index in [0.717, 1.165) is 23.6 Å². The van der Waals surface area contributed by atoms with E-state index in [1.165, 1.54) is 17.8 Å². The second kappa shape index (κ2) is 6.21. The molecule has 0 saturated heterocycles. The van der Waals surface area contributed by atoms with E-state index in [9.17, 15) is 4.39 Å². The number of nitrogens with one attached hydrogen (secondary N) is 1. The van der Waals surface area contributed by atoms with Crippen LogP contribution in [0.4, 0.5) is 4.39 Å². The van der Waals surface area contributed by atoms with Crippen LogP contribution in [-0.2, 0) is 6.54 Å². The third kappa shape index (κ3) is 3.36. The molecule has 3 nitrogen and oxygen atoms in total. The van der Waals surface area contributed by atoms with Crippen LogP contribution in [-0.4, -0.2) is 11.5 Å². The maximum atomic E-state index is 14.0. The van der Waals surface area contributed by atoms with Crippen LogP contribution < -0.4 is 5.32 Å². The smallest absolute Gasteiger partial charge is 0.261 e. The van der Waals surface area contributed by atoms with Crippen LogP contribution in [0.1, 0.15) is 23.9 Å². The fourth-order valence-corrected chi connectivity index (χ4v) is 2.60. The lowest BCUT2D eigenvalue weighted by atomic mass is 10.2. The van der Waals surface area contributed by atoms with Gasteiger partial charge in [-0.2, -0.15) is 0 Å². The van der Waals surface area contributed by atoms with Gasteiger partial charge in [-0.1, -0.05) is 19.1 Å². The van der Waals surface area contributed by atoms with Crippen molar-refractivity contribution in [3.63, 3.8) is 0 Å². The third-order valence-electron chi connectivity index (χ3n) is 2.81. The number of nitrogens with zero attached hydrogens (tertiary/aromatic N) is 1. The van der Waals surface area contributed by atoms with Gasteiger partial charge < -0.3 is 9.73 Å². The lowest BCUT2D eigenvalue weighted by molar-refractivity contribution is 0.430. The summed E-state index contributed by atoms with van der Waals surface area (Å²) in [6, 6.07) is 5.09. The molecule has 2 aromatic rings. The van der Waals surface area contributed by atoms with E-state index < -0.39 is 0 Å². The first-order valence-corrected chi connectivity index (χ1v) is 7.03. The second-order valence-corrected chi connectivity index (χ2v) is 5.19. The van der Waals surface area contributed by atoms with Crippen molar-refractivity contribution in [2.75, 3.05) is 6.54 Å². The van der Waals surface area contributed by atoms with Gasteiger partial charge in [0.05, 0.1) is 10.6 Å². The molecule has 1 heterocycles. The topological polar surface area (TPSA) is 38.1 Å². The van der Waals surface area contributed by atoms with Crippen molar-refractivity contribution in [3.8, 4) is 0 Å². The maximum absolute atomic E-state index is 14.0. The van der Waals surface area contributed by atoms with Gasteiger partial charge >= 0.3 is 0 Å². The molecule has 0 bridgehead atoms. The minimum Gasteiger partial charge on any atom is -0.436 e. The molecule has 0 aliphatic heterocycles. The fraction of sp³-hybridized carbons (Fsp3) is 0.357. The quantitative estimate of drug-likeness (QED) is 0.906. The van der Waals surface area contributed by atoms with Crippen molar-refractivity contribution in [3.05, 3.63) is 41.0 Å². The minimum absolute atomic E-state index is 0.242. The lowest BCUT2D eigenvalue weighted by Gasteiger charge is -2.08. The molecular weight excluding hydrogens is 263 g/mol. The van der Waals surface area contributed by atoms with Gasteiger partial charge in [-0.15, -0.1) is 0 Å². The Morgan fingerprint density at radius 3 is 2.79 bits per heavy atom. The van der Waals surface area contributed by atoms with E-state index in [2.05, 4.69) is 10.3 Å². The summed E-state index contributed by atoms with van der Waals surface area (Å²) >= 11 is 1.23. The van der Waals surface area contributed by atoms with E-state index in [4.69, 9.17) is 4.42 Å². The fourth-order valence-electron chi connectivity index (χ4n) is 1.64. The van der Waals surface area contributed by atoms with Crippen LogP contribution in [0.25, 0.3) is 0 Å². The van der Waals surface area contributed by atoms with Crippen molar-refractivity contribution in [2.45, 2.75) is 37.4 Å². The van der Waals surface area contributed by atoms with Crippen LogP contribution in [0, 0.1) is 19.7 Å². The van der Waals surface area contributed by atoms with Crippen molar-refractivity contribution >= 4 is 11.8 Å². The molecule has 0 spiro atoms. The highest BCUT2D eigenvalue weighted by molar-refractivity contribution is 7.99. The van der Waals surface area contributed by atoms with Gasteiger partial charge in [-0.05, 0) is 43.8 Å². The second-order valence-electron chi connectivity index (χ2n) is 4.23. The molecule has 19 heavy (non-hydrogen) atoms. The predicted molar refractivity (Wildman–Crippen MR) is 73.9 cm³/mol. The molecule has 1 aromatic carbocycles. The first kappa shape index (κ1) is 14.1. The molecule has 1 N–H and O–H groups in total. The third-order valence-corrected chi connectivity index (χ3v) is 3.82. The Morgan fingerprint density at radius 2 is 2.16 bits per heavy atom. The van der Waals surface area contributed by atoms with E-state index in [-0.39, 0.29) is 5.82 Å². The number of hydrogen-bond acceptors (Lipinski definition) is 4. The van der Waals surface area contributed by atoms with Crippen molar-refractivity contribution < 1.29 is 8.81 Å². The first-order valence-electron chi connectivity index (χ1n) is 6.21. The highest BCUT2D eigenvalue weighted by Crippen LogP contribution is 2.33. The zero-order valence-corrected chi connectivity index (χ0v) is 12.1. The summed E-state index contributed by atoms with van der Waals surface area (Å²) in [5.41, 5.74) is 1.76. The van der Waals surface area contributed by atoms with Gasteiger partial charge in [0.2, 0.25) is 0 Å². The van der Waals surface area contributed by atoms with Gasteiger partial charge in [0.15, 0.2) is 0 Å². The zero-order chi connectivity index (χ0) is 13.8. The van der Waals surface area contributed by atoms with Crippen LogP contribution in [0.5, 0.6) is 0 Å². The Morgan fingerprint density at radius 1 is 1.37 bits per heavy atom. The zero-order valence-electron chi connectivity index (χ0n) is 11.3. The number of benzene rings is 1. The predicted octanol–water partition coefficient (Wildman–Crippen LogP) is 3.69. The van der Waals surface area contributed by atoms with Gasteiger partial charge in [-0.3, -0.25) is 0 Å². The van der Waals surface area contributed by atoms with E-state index in [1.807, 2.05) is 26.8 Å². The van der Waals surface area contributed by atoms with Crippen molar-refractivity contribution in [2.24, 2.45) is 0 Å². The van der Waals surface area contributed by atoms with Crippen molar-refractivity contribution in [1.82, 2.24) is 10.3 Å². The van der Waals surface area contributed by atoms with E-state index in [1.54, 1.807) is 6.07 Å². The normalized spacial score (nSPS) is 10.9. The summed E-state index contributed by atoms with van der Waals surface area (Å²) in [6.07, 6.45) is 0. The van der Waals surface area contributed by atoms with E-state index >= 15 is 0 Å². The Labute approximate surface area is 116 Å². The Kier molecular flexibility index (Phi) is 4.61. The summed E-state index contributed by atoms with van der Waals surface area (Å²) < 4.78 is 19.4. The molecule has 0 fully saturated rings. The minimum atomic E-state index is -0.242. The summed E-state index contributed by atoms with van der Waals surface area (Å²) in [5.74, 6) is 0.529. The van der Waals surface area contributed by atoms with Gasteiger partial charge in [0.25, 0.3) is 5.22 Å².